The van der Waals surface area contributed by atoms with E-state index >= 15 is 0 Å². The summed E-state index contributed by atoms with van der Waals surface area (Å²) >= 11 is 3.10. The molecule has 4 aromatic rings. The zero-order valence-corrected chi connectivity index (χ0v) is 25.8. The van der Waals surface area contributed by atoms with Crippen molar-refractivity contribution in [3.05, 3.63) is 80.9 Å². The minimum absolute atomic E-state index is 0. The van der Waals surface area contributed by atoms with E-state index in [9.17, 15) is 32.5 Å². The van der Waals surface area contributed by atoms with Crippen LogP contribution in [-0.4, -0.2) is 60.5 Å². The average Bonchev–Trinajstić information content (AvgIpc) is 3.22. The minimum atomic E-state index is -4.86. The van der Waals surface area contributed by atoms with Gasteiger partial charge in [0.1, 0.15) is 30.3 Å². The summed E-state index contributed by atoms with van der Waals surface area (Å²) in [6.45, 7) is -0.0139. The van der Waals surface area contributed by atoms with Gasteiger partial charge in [-0.05, 0) is 56.2 Å². The molecular formula is C25H23Br2F4N9O3. The van der Waals surface area contributed by atoms with Gasteiger partial charge in [-0.3, -0.25) is 9.36 Å². The number of carbonyl (C=O) groups is 1. The number of quaternary nitrogens is 1. The van der Waals surface area contributed by atoms with Crippen molar-refractivity contribution in [2.24, 2.45) is 7.05 Å². The van der Waals surface area contributed by atoms with Crippen LogP contribution in [0.2, 0.25) is 0 Å². The molecule has 18 heteroatoms. The van der Waals surface area contributed by atoms with Crippen LogP contribution in [0.3, 0.4) is 0 Å². The summed E-state index contributed by atoms with van der Waals surface area (Å²) in [5, 5.41) is 17.5. The second-order valence-electron chi connectivity index (χ2n) is 9.75. The van der Waals surface area contributed by atoms with Crippen molar-refractivity contribution in [1.82, 2.24) is 24.5 Å². The molecule has 0 bridgehead atoms. The van der Waals surface area contributed by atoms with Crippen LogP contribution in [0.4, 0.5) is 40.7 Å². The van der Waals surface area contributed by atoms with Crippen molar-refractivity contribution >= 4 is 55.9 Å². The number of hydrogen-bond donors (Lipinski definition) is 2. The third-order valence-corrected chi connectivity index (χ3v) is 6.66. The highest BCUT2D eigenvalue weighted by Gasteiger charge is 2.45. The highest BCUT2D eigenvalue weighted by atomic mass is 79.9. The molecule has 0 aliphatic rings. The summed E-state index contributed by atoms with van der Waals surface area (Å²) in [6, 6.07) is 6.02. The Hall–Kier alpha value is -4.03. The van der Waals surface area contributed by atoms with Gasteiger partial charge in [0, 0.05) is 24.2 Å². The minimum Gasteiger partial charge on any atom is -1.00 e. The fraction of sp³-hybridized carbons (Fsp3) is 0.240. The Morgan fingerprint density at radius 2 is 1.93 bits per heavy atom. The SMILES string of the molecule is Cn1c(C(F)(F)F)nc([N+](=O)[O-])c1C[N+](C)(C)C/C=C/C(=O)Nc1cc2c(Nc3ccc(Br)c(F)c3)ncnc2cn1.[Br-]. The van der Waals surface area contributed by atoms with Gasteiger partial charge in [-0.1, -0.05) is 0 Å². The number of nitro groups is 1. The van der Waals surface area contributed by atoms with E-state index in [4.69, 9.17) is 0 Å². The van der Waals surface area contributed by atoms with Crippen LogP contribution < -0.4 is 27.6 Å². The number of carbonyl (C=O) groups excluding carboxylic acids is 1. The molecule has 0 spiro atoms. The van der Waals surface area contributed by atoms with Crippen LogP contribution in [0.25, 0.3) is 10.9 Å². The molecular weight excluding hydrogens is 710 g/mol. The first-order valence-corrected chi connectivity index (χ1v) is 12.8. The Labute approximate surface area is 260 Å². The van der Waals surface area contributed by atoms with Crippen molar-refractivity contribution in [2.75, 3.05) is 31.3 Å². The zero-order chi connectivity index (χ0) is 30.8. The van der Waals surface area contributed by atoms with E-state index in [0.29, 0.717) is 31.4 Å². The Morgan fingerprint density at radius 3 is 2.58 bits per heavy atom. The molecule has 4 rings (SSSR count). The normalized spacial score (nSPS) is 11.9. The van der Waals surface area contributed by atoms with E-state index < -0.39 is 34.5 Å². The van der Waals surface area contributed by atoms with Crippen LogP contribution in [-0.2, 0) is 24.6 Å². The molecule has 0 aliphatic carbocycles. The van der Waals surface area contributed by atoms with E-state index in [1.54, 1.807) is 32.3 Å². The fourth-order valence-corrected chi connectivity index (χ4v) is 4.26. The lowest BCUT2D eigenvalue weighted by atomic mass is 10.2. The summed E-state index contributed by atoms with van der Waals surface area (Å²) < 4.78 is 54.6. The Morgan fingerprint density at radius 1 is 1.21 bits per heavy atom. The van der Waals surface area contributed by atoms with Crippen LogP contribution in [0, 0.1) is 15.9 Å². The predicted molar refractivity (Wildman–Crippen MR) is 148 cm³/mol. The number of benzene rings is 1. The number of halogens is 6. The molecule has 0 radical (unpaired) electrons. The first-order chi connectivity index (χ1) is 19.6. The molecule has 0 saturated carbocycles. The highest BCUT2D eigenvalue weighted by Crippen LogP contribution is 2.33. The number of hydrogen-bond acceptors (Lipinski definition) is 8. The van der Waals surface area contributed by atoms with Crippen molar-refractivity contribution in [3.63, 3.8) is 0 Å². The first kappa shape index (κ1) is 33.5. The predicted octanol–water partition coefficient (Wildman–Crippen LogP) is 2.11. The lowest BCUT2D eigenvalue weighted by Gasteiger charge is -2.28. The summed E-state index contributed by atoms with van der Waals surface area (Å²) in [7, 11) is 4.35. The van der Waals surface area contributed by atoms with Crippen molar-refractivity contribution < 1.29 is 48.7 Å². The van der Waals surface area contributed by atoms with E-state index in [0.717, 1.165) is 7.05 Å². The van der Waals surface area contributed by atoms with Gasteiger partial charge >= 0.3 is 17.8 Å². The Balaban J connectivity index is 0.00000506. The van der Waals surface area contributed by atoms with Gasteiger partial charge in [-0.15, -0.1) is 0 Å². The quantitative estimate of drug-likeness (QED) is 0.0878. The van der Waals surface area contributed by atoms with Gasteiger partial charge in [-0.25, -0.2) is 19.3 Å². The maximum atomic E-state index is 13.9. The summed E-state index contributed by atoms with van der Waals surface area (Å²) in [5.41, 5.74) is 0.705. The molecule has 1 amide bonds. The lowest BCUT2D eigenvalue weighted by Crippen LogP contribution is -3.00. The molecule has 2 N–H and O–H groups in total. The number of amides is 1. The molecule has 3 aromatic heterocycles. The summed E-state index contributed by atoms with van der Waals surface area (Å²) in [6.07, 6.45) is 0.590. The largest absolute Gasteiger partial charge is 1.00 e. The number of nitrogens with zero attached hydrogens (tertiary/aromatic N) is 7. The van der Waals surface area contributed by atoms with Crippen LogP contribution in [0.15, 0.2) is 53.4 Å². The molecule has 0 fully saturated rings. The molecule has 3 heterocycles. The monoisotopic (exact) mass is 731 g/mol. The van der Waals surface area contributed by atoms with E-state index in [1.807, 2.05) is 0 Å². The van der Waals surface area contributed by atoms with Crippen molar-refractivity contribution in [3.8, 4) is 0 Å². The van der Waals surface area contributed by atoms with Gasteiger partial charge in [0.25, 0.3) is 0 Å². The second kappa shape index (κ2) is 13.1. The standard InChI is InChI=1S/C25H22BrF4N9O3.BrH/c1-37-19(23(38(41)42)36-24(37)25(28,29)30)12-39(2,3)8-4-5-21(40)35-20-10-15-18(11-31-20)32-13-33-22(15)34-14-6-7-16(26)17(27)9-14;/h4-7,9-11,13H,8,12H2,1-3H3,(H-,31,32,33,34,35,40);1H/b5-4+;. The average molecular weight is 733 g/mol. The molecule has 1 aromatic carbocycles. The highest BCUT2D eigenvalue weighted by molar-refractivity contribution is 9.10. The maximum absolute atomic E-state index is 13.9. The Bertz CT molecular complexity index is 1710. The summed E-state index contributed by atoms with van der Waals surface area (Å²) in [5.74, 6) is -2.72. The van der Waals surface area contributed by atoms with Crippen molar-refractivity contribution in [1.29, 1.82) is 0 Å². The number of imidazole rings is 1. The second-order valence-corrected chi connectivity index (χ2v) is 10.6. The van der Waals surface area contributed by atoms with E-state index in [-0.39, 0.29) is 46.1 Å². The molecule has 0 atom stereocenters. The number of pyridine rings is 1. The van der Waals surface area contributed by atoms with Crippen LogP contribution in [0.5, 0.6) is 0 Å². The third-order valence-electron chi connectivity index (χ3n) is 6.02. The number of rotatable bonds is 9. The lowest BCUT2D eigenvalue weighted by molar-refractivity contribution is -0.898. The number of likely N-dealkylation sites (N-methyl/N-ethyl adjacent to an activating group) is 1. The number of anilines is 3. The van der Waals surface area contributed by atoms with E-state index in [2.05, 4.69) is 46.5 Å². The number of nitrogens with one attached hydrogen (secondary N) is 2. The molecule has 43 heavy (non-hydrogen) atoms. The van der Waals surface area contributed by atoms with E-state index in [1.165, 1.54) is 30.7 Å². The molecule has 0 unspecified atom stereocenters. The summed E-state index contributed by atoms with van der Waals surface area (Å²) in [4.78, 5) is 38.7. The van der Waals surface area contributed by atoms with Gasteiger partial charge in [0.15, 0.2) is 5.69 Å². The first-order valence-electron chi connectivity index (χ1n) is 12.0. The number of fused-ring (bicyclic) bond motifs is 1. The van der Waals surface area contributed by atoms with Crippen LogP contribution in [0.1, 0.15) is 11.5 Å². The van der Waals surface area contributed by atoms with Crippen molar-refractivity contribution in [2.45, 2.75) is 12.7 Å². The van der Waals surface area contributed by atoms with Gasteiger partial charge in [0.05, 0.1) is 36.8 Å². The van der Waals surface area contributed by atoms with Crippen LogP contribution >= 0.6 is 15.9 Å². The molecule has 0 aliphatic heterocycles. The molecule has 12 nitrogen and oxygen atoms in total. The molecule has 0 saturated heterocycles. The van der Waals surface area contributed by atoms with Gasteiger partial charge in [-0.2, -0.15) is 13.2 Å². The molecule has 228 valence electrons. The smallest absolute Gasteiger partial charge is 0.475 e. The Kier molecular flexibility index (Phi) is 10.2. The number of aromatic nitrogens is 5. The zero-order valence-electron chi connectivity index (χ0n) is 22.7. The number of alkyl halides is 3. The van der Waals surface area contributed by atoms with Gasteiger partial charge < -0.3 is 42.2 Å². The topological polar surface area (TPSA) is 141 Å². The maximum Gasteiger partial charge on any atom is 0.475 e. The van der Waals surface area contributed by atoms with Gasteiger partial charge in [0.2, 0.25) is 5.91 Å². The third kappa shape index (κ3) is 8.08. The fourth-order valence-electron chi connectivity index (χ4n) is 4.01.